The summed E-state index contributed by atoms with van der Waals surface area (Å²) in [5.41, 5.74) is 1.35. The number of benzene rings is 1. The van der Waals surface area contributed by atoms with Crippen molar-refractivity contribution in [3.05, 3.63) is 30.0 Å². The first kappa shape index (κ1) is 20.7. The third-order valence-electron chi connectivity index (χ3n) is 5.34. The zero-order valence-corrected chi connectivity index (χ0v) is 16.5. The van der Waals surface area contributed by atoms with Gasteiger partial charge in [0.25, 0.3) is 0 Å². The standard InChI is InChI=1S/C20H25N3O6/c1-13(24)21-7-9-22(10-8-21)19(20(27)28)16-12-23(6-5-18(25)26)17-4-3-14(29-2)11-15(16)17/h3-4,11-12,19H,5-10H2,1-2H3,(H,25,26)(H,27,28)/t19-/m1/s1. The fraction of sp³-hybridized carbons (Fsp3) is 0.450. The SMILES string of the molecule is COc1ccc2c(c1)c([C@H](C(=O)O)N1CCN(C(C)=O)CC1)cn2CCC(=O)O. The minimum absolute atomic E-state index is 0.0217. The van der Waals surface area contributed by atoms with E-state index >= 15 is 0 Å². The van der Waals surface area contributed by atoms with Crippen molar-refractivity contribution >= 4 is 28.7 Å². The Bertz CT molecular complexity index is 930. The molecular formula is C20H25N3O6. The lowest BCUT2D eigenvalue weighted by atomic mass is 10.0. The molecule has 3 rings (SSSR count). The second kappa shape index (κ2) is 8.52. The monoisotopic (exact) mass is 403 g/mol. The summed E-state index contributed by atoms with van der Waals surface area (Å²) >= 11 is 0. The van der Waals surface area contributed by atoms with Gasteiger partial charge in [-0.05, 0) is 18.2 Å². The van der Waals surface area contributed by atoms with E-state index in [-0.39, 0.29) is 18.9 Å². The minimum Gasteiger partial charge on any atom is -0.497 e. The van der Waals surface area contributed by atoms with Gasteiger partial charge >= 0.3 is 11.9 Å². The highest BCUT2D eigenvalue weighted by molar-refractivity contribution is 5.90. The lowest BCUT2D eigenvalue weighted by molar-refractivity contribution is -0.145. The highest BCUT2D eigenvalue weighted by Gasteiger charge is 2.33. The van der Waals surface area contributed by atoms with Gasteiger partial charge in [-0.25, -0.2) is 0 Å². The molecule has 9 heteroatoms. The fourth-order valence-electron chi connectivity index (χ4n) is 3.83. The number of carbonyl (C=O) groups is 3. The molecule has 0 radical (unpaired) electrons. The smallest absolute Gasteiger partial charge is 0.325 e. The Labute approximate surface area is 168 Å². The molecular weight excluding hydrogens is 378 g/mol. The second-order valence-electron chi connectivity index (χ2n) is 7.09. The summed E-state index contributed by atoms with van der Waals surface area (Å²) in [5.74, 6) is -1.33. The van der Waals surface area contributed by atoms with Crippen LogP contribution >= 0.6 is 0 Å². The number of fused-ring (bicyclic) bond motifs is 1. The average Bonchev–Trinajstić information content (AvgIpc) is 3.04. The van der Waals surface area contributed by atoms with E-state index in [0.29, 0.717) is 37.5 Å². The van der Waals surface area contributed by atoms with Gasteiger partial charge in [-0.15, -0.1) is 0 Å². The highest BCUT2D eigenvalue weighted by atomic mass is 16.5. The van der Waals surface area contributed by atoms with Crippen LogP contribution in [0.2, 0.25) is 0 Å². The molecule has 0 unspecified atom stereocenters. The van der Waals surface area contributed by atoms with Gasteiger partial charge in [0.15, 0.2) is 0 Å². The number of ether oxygens (including phenoxy) is 1. The van der Waals surface area contributed by atoms with Crippen LogP contribution in [0.25, 0.3) is 10.9 Å². The van der Waals surface area contributed by atoms with E-state index in [9.17, 15) is 19.5 Å². The highest BCUT2D eigenvalue weighted by Crippen LogP contribution is 2.33. The van der Waals surface area contributed by atoms with Crippen molar-refractivity contribution in [1.82, 2.24) is 14.4 Å². The minimum atomic E-state index is -0.985. The predicted octanol–water partition coefficient (Wildman–Crippen LogP) is 1.41. The van der Waals surface area contributed by atoms with Crippen molar-refractivity contribution in [2.45, 2.75) is 25.9 Å². The molecule has 0 saturated carbocycles. The summed E-state index contributed by atoms with van der Waals surface area (Å²) in [5, 5.41) is 19.8. The maximum Gasteiger partial charge on any atom is 0.325 e. The van der Waals surface area contributed by atoms with E-state index in [4.69, 9.17) is 9.84 Å². The van der Waals surface area contributed by atoms with Crippen molar-refractivity contribution in [3.8, 4) is 5.75 Å². The number of aliphatic carboxylic acids is 2. The summed E-state index contributed by atoms with van der Waals surface area (Å²) < 4.78 is 7.08. The molecule has 0 aliphatic carbocycles. The van der Waals surface area contributed by atoms with Gasteiger partial charge < -0.3 is 24.4 Å². The predicted molar refractivity (Wildman–Crippen MR) is 105 cm³/mol. The van der Waals surface area contributed by atoms with E-state index in [2.05, 4.69) is 0 Å². The quantitative estimate of drug-likeness (QED) is 0.719. The van der Waals surface area contributed by atoms with Crippen molar-refractivity contribution in [3.63, 3.8) is 0 Å². The maximum absolute atomic E-state index is 12.2. The number of carboxylic acids is 2. The van der Waals surface area contributed by atoms with Crippen LogP contribution in [0.15, 0.2) is 24.4 Å². The zero-order chi connectivity index (χ0) is 21.1. The molecule has 1 amide bonds. The molecule has 2 N–H and O–H groups in total. The molecule has 1 aliphatic heterocycles. The molecule has 1 fully saturated rings. The maximum atomic E-state index is 12.2. The molecule has 1 aromatic carbocycles. The number of aryl methyl sites for hydroxylation is 1. The number of hydrogen-bond acceptors (Lipinski definition) is 5. The van der Waals surface area contributed by atoms with Gasteiger partial charge in [0.2, 0.25) is 5.91 Å². The zero-order valence-electron chi connectivity index (χ0n) is 16.5. The van der Waals surface area contributed by atoms with Crippen LogP contribution in [0.3, 0.4) is 0 Å². The Morgan fingerprint density at radius 2 is 1.83 bits per heavy atom. The van der Waals surface area contributed by atoms with E-state index in [1.54, 1.807) is 27.8 Å². The molecule has 0 spiro atoms. The van der Waals surface area contributed by atoms with Crippen LogP contribution in [0.4, 0.5) is 0 Å². The van der Waals surface area contributed by atoms with Gasteiger partial charge in [0, 0.05) is 62.3 Å². The number of hydrogen-bond donors (Lipinski definition) is 2. The molecule has 1 aliphatic rings. The first-order valence-corrected chi connectivity index (χ1v) is 9.42. The summed E-state index contributed by atoms with van der Waals surface area (Å²) in [7, 11) is 1.54. The van der Waals surface area contributed by atoms with Crippen molar-refractivity contribution in [2.75, 3.05) is 33.3 Å². The first-order valence-electron chi connectivity index (χ1n) is 9.42. The van der Waals surface area contributed by atoms with Crippen molar-refractivity contribution < 1.29 is 29.3 Å². The van der Waals surface area contributed by atoms with Crippen molar-refractivity contribution in [1.29, 1.82) is 0 Å². The molecule has 2 aromatic rings. The van der Waals surface area contributed by atoms with Gasteiger partial charge in [-0.2, -0.15) is 0 Å². The topological polar surface area (TPSA) is 112 Å². The number of rotatable bonds is 7. The first-order chi connectivity index (χ1) is 13.8. The molecule has 1 saturated heterocycles. The van der Waals surface area contributed by atoms with Crippen molar-refractivity contribution in [2.24, 2.45) is 0 Å². The summed E-state index contributed by atoms with van der Waals surface area (Å²) in [6, 6.07) is 4.46. The average molecular weight is 403 g/mol. The van der Waals surface area contributed by atoms with Crippen LogP contribution in [0, 0.1) is 0 Å². The molecule has 1 atom stereocenters. The van der Waals surface area contributed by atoms with Crippen LogP contribution in [-0.2, 0) is 20.9 Å². The van der Waals surface area contributed by atoms with Gasteiger partial charge in [0.05, 0.1) is 13.5 Å². The number of nitrogens with zero attached hydrogens (tertiary/aromatic N) is 3. The molecule has 0 bridgehead atoms. The van der Waals surface area contributed by atoms with E-state index in [1.165, 1.54) is 14.0 Å². The molecule has 1 aromatic heterocycles. The van der Waals surface area contributed by atoms with Crippen LogP contribution in [0.1, 0.15) is 24.9 Å². The lowest BCUT2D eigenvalue weighted by Gasteiger charge is -2.37. The Morgan fingerprint density at radius 1 is 1.14 bits per heavy atom. The lowest BCUT2D eigenvalue weighted by Crippen LogP contribution is -2.50. The van der Waals surface area contributed by atoms with E-state index in [1.807, 2.05) is 11.0 Å². The Hall–Kier alpha value is -3.07. The van der Waals surface area contributed by atoms with E-state index in [0.717, 1.165) is 10.9 Å². The summed E-state index contributed by atoms with van der Waals surface area (Å²) in [6.07, 6.45) is 1.66. The van der Waals surface area contributed by atoms with Gasteiger partial charge in [0.1, 0.15) is 11.8 Å². The van der Waals surface area contributed by atoms with Gasteiger partial charge in [-0.3, -0.25) is 19.3 Å². The van der Waals surface area contributed by atoms with Crippen LogP contribution in [0.5, 0.6) is 5.75 Å². The summed E-state index contributed by atoms with van der Waals surface area (Å²) in [4.78, 5) is 38.4. The summed E-state index contributed by atoms with van der Waals surface area (Å²) in [6.45, 7) is 3.58. The largest absolute Gasteiger partial charge is 0.497 e. The molecule has 29 heavy (non-hydrogen) atoms. The van der Waals surface area contributed by atoms with Crippen LogP contribution in [-0.4, -0.2) is 75.7 Å². The number of aromatic nitrogens is 1. The number of carboxylic acid groups (broad SMARTS) is 2. The number of piperazine rings is 1. The fourth-order valence-corrected chi connectivity index (χ4v) is 3.83. The third-order valence-corrected chi connectivity index (χ3v) is 5.34. The van der Waals surface area contributed by atoms with E-state index < -0.39 is 18.0 Å². The Morgan fingerprint density at radius 3 is 2.38 bits per heavy atom. The number of methoxy groups -OCH3 is 1. The third kappa shape index (κ3) is 4.34. The van der Waals surface area contributed by atoms with Crippen LogP contribution < -0.4 is 4.74 Å². The second-order valence-corrected chi connectivity index (χ2v) is 7.09. The molecule has 2 heterocycles. The number of amides is 1. The molecule has 156 valence electrons. The Kier molecular flexibility index (Phi) is 6.07. The Balaban J connectivity index is 2.01. The van der Waals surface area contributed by atoms with Gasteiger partial charge in [-0.1, -0.05) is 0 Å². The normalized spacial score (nSPS) is 16.0. The number of carbonyl (C=O) groups excluding carboxylic acids is 1. The molecule has 9 nitrogen and oxygen atoms in total.